The molecule has 1 atom stereocenters. The number of carbonyl (C=O) groups is 1. The first-order valence-corrected chi connectivity index (χ1v) is 8.60. The van der Waals surface area contributed by atoms with Crippen LogP contribution in [0.15, 0.2) is 54.7 Å². The molecule has 2 aromatic rings. The third-order valence-electron chi connectivity index (χ3n) is 4.81. The Morgan fingerprint density at radius 1 is 1.21 bits per heavy atom. The maximum Gasteiger partial charge on any atom is 0.234 e. The van der Waals surface area contributed by atoms with E-state index in [1.807, 2.05) is 18.2 Å². The predicted molar refractivity (Wildman–Crippen MR) is 95.6 cm³/mol. The van der Waals surface area contributed by atoms with E-state index in [1.165, 1.54) is 12.0 Å². The van der Waals surface area contributed by atoms with Gasteiger partial charge in [-0.15, -0.1) is 0 Å². The number of nitrogens with zero attached hydrogens (tertiary/aromatic N) is 2. The van der Waals surface area contributed by atoms with Gasteiger partial charge in [-0.25, -0.2) is 0 Å². The Bertz CT molecular complexity index is 659. The fraction of sp³-hybridized carbons (Fsp3) is 0.400. The molecule has 0 spiro atoms. The zero-order valence-electron chi connectivity index (χ0n) is 14.2. The van der Waals surface area contributed by atoms with E-state index in [0.717, 1.165) is 25.2 Å². The maximum atomic E-state index is 12.3. The Kier molecular flexibility index (Phi) is 5.26. The molecule has 1 unspecified atom stereocenters. The second-order valence-corrected chi connectivity index (χ2v) is 6.84. The molecular weight excluding hydrogens is 298 g/mol. The largest absolute Gasteiger partial charge is 0.349 e. The number of hydrogen-bond acceptors (Lipinski definition) is 3. The number of nitrogens with one attached hydrogen (secondary N) is 1. The molecule has 1 amide bonds. The molecule has 1 aromatic carbocycles. The average Bonchev–Trinajstić information content (AvgIpc) is 2.62. The van der Waals surface area contributed by atoms with Gasteiger partial charge in [0.2, 0.25) is 5.91 Å². The van der Waals surface area contributed by atoms with Crippen LogP contribution in [0.5, 0.6) is 0 Å². The first kappa shape index (κ1) is 16.7. The van der Waals surface area contributed by atoms with Crippen LogP contribution in [0.3, 0.4) is 0 Å². The Labute approximate surface area is 143 Å². The molecule has 0 saturated carbocycles. The normalized spacial score (nSPS) is 21.4. The fourth-order valence-corrected chi connectivity index (χ4v) is 3.51. The lowest BCUT2D eigenvalue weighted by molar-refractivity contribution is -0.122. The number of benzene rings is 1. The summed E-state index contributed by atoms with van der Waals surface area (Å²) in [5, 5.41) is 2.97. The van der Waals surface area contributed by atoms with E-state index in [1.54, 1.807) is 6.20 Å². The molecule has 24 heavy (non-hydrogen) atoms. The van der Waals surface area contributed by atoms with Gasteiger partial charge in [0.15, 0.2) is 0 Å². The van der Waals surface area contributed by atoms with Crippen molar-refractivity contribution < 1.29 is 4.79 Å². The summed E-state index contributed by atoms with van der Waals surface area (Å²) in [4.78, 5) is 18.8. The molecule has 3 rings (SSSR count). The first-order chi connectivity index (χ1) is 11.7. The minimum absolute atomic E-state index is 0.0676. The summed E-state index contributed by atoms with van der Waals surface area (Å²) < 4.78 is 0. The molecule has 4 nitrogen and oxygen atoms in total. The predicted octanol–water partition coefficient (Wildman–Crippen LogP) is 2.75. The van der Waals surface area contributed by atoms with Gasteiger partial charge >= 0.3 is 0 Å². The number of hydrogen-bond donors (Lipinski definition) is 1. The molecule has 0 radical (unpaired) electrons. The van der Waals surface area contributed by atoms with Crippen molar-refractivity contribution >= 4 is 5.91 Å². The highest BCUT2D eigenvalue weighted by atomic mass is 16.2. The monoisotopic (exact) mass is 323 g/mol. The highest BCUT2D eigenvalue weighted by Gasteiger charge is 2.33. The van der Waals surface area contributed by atoms with Crippen molar-refractivity contribution in [2.75, 3.05) is 19.6 Å². The lowest BCUT2D eigenvalue weighted by atomic mass is 9.76. The molecule has 1 saturated heterocycles. The molecular formula is C20H25N3O. The standard InChI is InChI=1S/C20H25N3O/c1-20(17-8-3-2-4-9-17)11-7-13-23(16-20)15-19(24)22-14-18-10-5-6-12-21-18/h2-6,8-10,12H,7,11,13-16H2,1H3,(H,22,24). The third-order valence-corrected chi connectivity index (χ3v) is 4.81. The number of amides is 1. The Morgan fingerprint density at radius 3 is 2.75 bits per heavy atom. The highest BCUT2D eigenvalue weighted by Crippen LogP contribution is 2.33. The van der Waals surface area contributed by atoms with E-state index < -0.39 is 0 Å². The molecule has 1 aliphatic rings. The van der Waals surface area contributed by atoms with Crippen molar-refractivity contribution in [1.29, 1.82) is 0 Å². The molecule has 2 heterocycles. The SMILES string of the molecule is CC1(c2ccccc2)CCCN(CC(=O)NCc2ccccn2)C1. The van der Waals surface area contributed by atoms with Crippen LogP contribution >= 0.6 is 0 Å². The number of piperidine rings is 1. The summed E-state index contributed by atoms with van der Waals surface area (Å²) in [6, 6.07) is 16.4. The van der Waals surface area contributed by atoms with E-state index in [-0.39, 0.29) is 11.3 Å². The molecule has 1 N–H and O–H groups in total. The number of carbonyl (C=O) groups excluding carboxylic acids is 1. The smallest absolute Gasteiger partial charge is 0.234 e. The molecule has 126 valence electrons. The molecule has 1 aromatic heterocycles. The molecule has 4 heteroatoms. The molecule has 1 fully saturated rings. The van der Waals surface area contributed by atoms with Gasteiger partial charge in [0, 0.05) is 18.2 Å². The quantitative estimate of drug-likeness (QED) is 0.920. The summed E-state index contributed by atoms with van der Waals surface area (Å²) in [7, 11) is 0. The second-order valence-electron chi connectivity index (χ2n) is 6.84. The van der Waals surface area contributed by atoms with E-state index in [4.69, 9.17) is 0 Å². The van der Waals surface area contributed by atoms with E-state index in [2.05, 4.69) is 52.5 Å². The van der Waals surface area contributed by atoms with Gasteiger partial charge in [-0.3, -0.25) is 14.7 Å². The number of pyridine rings is 1. The molecule has 1 aliphatic heterocycles. The zero-order valence-corrected chi connectivity index (χ0v) is 14.2. The maximum absolute atomic E-state index is 12.3. The van der Waals surface area contributed by atoms with Crippen LogP contribution in [0, 0.1) is 0 Å². The average molecular weight is 323 g/mol. The molecule has 0 bridgehead atoms. The first-order valence-electron chi connectivity index (χ1n) is 8.60. The second kappa shape index (κ2) is 7.58. The van der Waals surface area contributed by atoms with Gasteiger partial charge < -0.3 is 5.32 Å². The van der Waals surface area contributed by atoms with E-state index >= 15 is 0 Å². The molecule has 0 aliphatic carbocycles. The van der Waals surface area contributed by atoms with Crippen LogP contribution in [0.1, 0.15) is 31.0 Å². The van der Waals surface area contributed by atoms with E-state index in [9.17, 15) is 4.79 Å². The third kappa shape index (κ3) is 4.20. The summed E-state index contributed by atoms with van der Waals surface area (Å²) in [6.45, 7) is 5.16. The van der Waals surface area contributed by atoms with Crippen LogP contribution in [0.2, 0.25) is 0 Å². The van der Waals surface area contributed by atoms with Crippen LogP contribution in [-0.4, -0.2) is 35.4 Å². The van der Waals surface area contributed by atoms with Crippen molar-refractivity contribution in [3.05, 3.63) is 66.0 Å². The van der Waals surface area contributed by atoms with Crippen LogP contribution in [0.4, 0.5) is 0 Å². The van der Waals surface area contributed by atoms with Gasteiger partial charge in [-0.2, -0.15) is 0 Å². The van der Waals surface area contributed by atoms with E-state index in [0.29, 0.717) is 13.1 Å². The van der Waals surface area contributed by atoms with Gasteiger partial charge in [0.05, 0.1) is 18.8 Å². The Morgan fingerprint density at radius 2 is 2.00 bits per heavy atom. The van der Waals surface area contributed by atoms with Gasteiger partial charge in [-0.05, 0) is 37.1 Å². The van der Waals surface area contributed by atoms with Crippen LogP contribution < -0.4 is 5.32 Å². The number of rotatable bonds is 5. The Hall–Kier alpha value is -2.20. The summed E-state index contributed by atoms with van der Waals surface area (Å²) >= 11 is 0. The fourth-order valence-electron chi connectivity index (χ4n) is 3.51. The summed E-state index contributed by atoms with van der Waals surface area (Å²) in [5.74, 6) is 0.0676. The zero-order chi connectivity index (χ0) is 16.8. The lowest BCUT2D eigenvalue weighted by Crippen LogP contribution is -2.48. The Balaban J connectivity index is 1.54. The minimum Gasteiger partial charge on any atom is -0.349 e. The van der Waals surface area contributed by atoms with Crippen molar-refractivity contribution in [3.63, 3.8) is 0 Å². The van der Waals surface area contributed by atoms with Gasteiger partial charge in [0.25, 0.3) is 0 Å². The van der Waals surface area contributed by atoms with Crippen LogP contribution in [0.25, 0.3) is 0 Å². The van der Waals surface area contributed by atoms with Crippen molar-refractivity contribution in [3.8, 4) is 0 Å². The topological polar surface area (TPSA) is 45.2 Å². The van der Waals surface area contributed by atoms with Crippen molar-refractivity contribution in [2.45, 2.75) is 31.7 Å². The van der Waals surface area contributed by atoms with Crippen molar-refractivity contribution in [2.24, 2.45) is 0 Å². The van der Waals surface area contributed by atoms with Crippen LogP contribution in [-0.2, 0) is 16.8 Å². The summed E-state index contributed by atoms with van der Waals surface area (Å²) in [5.41, 5.74) is 2.38. The number of likely N-dealkylation sites (tertiary alicyclic amines) is 1. The minimum atomic E-state index is 0.0676. The van der Waals surface area contributed by atoms with Crippen molar-refractivity contribution in [1.82, 2.24) is 15.2 Å². The lowest BCUT2D eigenvalue weighted by Gasteiger charge is -2.40. The number of aromatic nitrogens is 1. The van der Waals surface area contributed by atoms with Gasteiger partial charge in [0.1, 0.15) is 0 Å². The highest BCUT2D eigenvalue weighted by molar-refractivity contribution is 5.78. The van der Waals surface area contributed by atoms with Gasteiger partial charge in [-0.1, -0.05) is 43.3 Å². The summed E-state index contributed by atoms with van der Waals surface area (Å²) in [6.07, 6.45) is 4.04.